The normalized spacial score (nSPS) is 12.9. The second-order valence-electron chi connectivity index (χ2n) is 5.00. The van der Waals surface area contributed by atoms with Gasteiger partial charge in [-0.05, 0) is 18.9 Å². The molecule has 0 bridgehead atoms. The monoisotopic (exact) mass is 236 g/mol. The minimum atomic E-state index is 0. The van der Waals surface area contributed by atoms with E-state index in [4.69, 9.17) is 0 Å². The molecule has 0 aromatic heterocycles. The molecule has 0 aliphatic rings. The quantitative estimate of drug-likeness (QED) is 0.766. The molecule has 0 saturated heterocycles. The summed E-state index contributed by atoms with van der Waals surface area (Å²) in [5.41, 5.74) is 0.0749. The predicted octanol–water partition coefficient (Wildman–Crippen LogP) is 1.96. The van der Waals surface area contributed by atoms with Gasteiger partial charge in [0.15, 0.2) is 0 Å². The molecule has 2 N–H and O–H groups in total. The van der Waals surface area contributed by atoms with Crippen molar-refractivity contribution in [2.24, 2.45) is 5.41 Å². The highest BCUT2D eigenvalue weighted by atomic mass is 35.5. The van der Waals surface area contributed by atoms with Gasteiger partial charge in [0.25, 0.3) is 0 Å². The fourth-order valence-electron chi connectivity index (χ4n) is 1.23. The zero-order valence-electron chi connectivity index (χ0n) is 10.5. The summed E-state index contributed by atoms with van der Waals surface area (Å²) in [5, 5.41) is 6.17. The van der Waals surface area contributed by atoms with Crippen LogP contribution in [0.15, 0.2) is 0 Å². The maximum absolute atomic E-state index is 11.4. The van der Waals surface area contributed by atoms with E-state index in [0.717, 1.165) is 6.54 Å². The maximum atomic E-state index is 11.4. The Balaban J connectivity index is 0. The fraction of sp³-hybridized carbons (Fsp3) is 0.909. The topological polar surface area (TPSA) is 41.1 Å². The molecular weight excluding hydrogens is 212 g/mol. The summed E-state index contributed by atoms with van der Waals surface area (Å²) in [6.07, 6.45) is 0.589. The van der Waals surface area contributed by atoms with Crippen molar-refractivity contribution in [1.29, 1.82) is 0 Å². The van der Waals surface area contributed by atoms with Crippen molar-refractivity contribution in [3.63, 3.8) is 0 Å². The lowest BCUT2D eigenvalue weighted by Gasteiger charge is -2.19. The number of likely N-dealkylation sites (N-methyl/N-ethyl adjacent to an activating group) is 1. The molecule has 0 aliphatic heterocycles. The lowest BCUT2D eigenvalue weighted by molar-refractivity contribution is -0.122. The minimum Gasteiger partial charge on any atom is -0.355 e. The van der Waals surface area contributed by atoms with Gasteiger partial charge in [0, 0.05) is 19.0 Å². The Morgan fingerprint density at radius 3 is 2.27 bits per heavy atom. The van der Waals surface area contributed by atoms with E-state index >= 15 is 0 Å². The Labute approximate surface area is 99.8 Å². The van der Waals surface area contributed by atoms with Crippen molar-refractivity contribution in [3.05, 3.63) is 0 Å². The number of hydrogen-bond donors (Lipinski definition) is 2. The first kappa shape index (κ1) is 17.1. The molecule has 0 unspecified atom stereocenters. The lowest BCUT2D eigenvalue weighted by Crippen LogP contribution is -2.39. The maximum Gasteiger partial charge on any atom is 0.220 e. The van der Waals surface area contributed by atoms with Crippen molar-refractivity contribution < 1.29 is 4.79 Å². The third kappa shape index (κ3) is 11.6. The Hall–Kier alpha value is -0.280. The Bertz CT molecular complexity index is 178. The zero-order chi connectivity index (χ0) is 11.2. The molecule has 1 atom stereocenters. The number of carbonyl (C=O) groups is 1. The number of rotatable bonds is 5. The number of halogens is 1. The molecular formula is C11H25ClN2O. The highest BCUT2D eigenvalue weighted by Crippen LogP contribution is 2.17. The standard InChI is InChI=1S/C11H24N2O.ClH/c1-6-12-9(2)8-13-10(14)7-11(3,4)5;/h9,12H,6-8H2,1-5H3,(H,13,14);1H/t9-;/m1./s1. The van der Waals surface area contributed by atoms with Crippen LogP contribution in [0.5, 0.6) is 0 Å². The van der Waals surface area contributed by atoms with Crippen LogP contribution in [0.4, 0.5) is 0 Å². The molecule has 0 aromatic carbocycles. The highest BCUT2D eigenvalue weighted by molar-refractivity contribution is 5.85. The summed E-state index contributed by atoms with van der Waals surface area (Å²) >= 11 is 0. The Morgan fingerprint density at radius 2 is 1.87 bits per heavy atom. The second kappa shape index (κ2) is 7.94. The first-order valence-electron chi connectivity index (χ1n) is 5.35. The zero-order valence-corrected chi connectivity index (χ0v) is 11.3. The molecule has 3 nitrogen and oxygen atoms in total. The van der Waals surface area contributed by atoms with E-state index in [-0.39, 0.29) is 23.7 Å². The van der Waals surface area contributed by atoms with Crippen LogP contribution < -0.4 is 10.6 Å². The molecule has 4 heteroatoms. The van der Waals surface area contributed by atoms with Crippen molar-refractivity contribution in [2.45, 2.75) is 47.1 Å². The van der Waals surface area contributed by atoms with Gasteiger partial charge in [0.1, 0.15) is 0 Å². The van der Waals surface area contributed by atoms with Crippen LogP contribution in [0.3, 0.4) is 0 Å². The smallest absolute Gasteiger partial charge is 0.220 e. The predicted molar refractivity (Wildman–Crippen MR) is 67.5 cm³/mol. The van der Waals surface area contributed by atoms with Crippen molar-refractivity contribution in [1.82, 2.24) is 10.6 Å². The molecule has 92 valence electrons. The average molecular weight is 237 g/mol. The summed E-state index contributed by atoms with van der Waals surface area (Å²) in [5.74, 6) is 0.141. The first-order chi connectivity index (χ1) is 6.35. The van der Waals surface area contributed by atoms with E-state index in [1.807, 2.05) is 0 Å². The van der Waals surface area contributed by atoms with Crippen LogP contribution in [-0.4, -0.2) is 25.0 Å². The van der Waals surface area contributed by atoms with E-state index in [1.54, 1.807) is 0 Å². The van der Waals surface area contributed by atoms with Crippen LogP contribution in [0.1, 0.15) is 41.0 Å². The minimum absolute atomic E-state index is 0. The molecule has 0 saturated carbocycles. The van der Waals surface area contributed by atoms with Crippen LogP contribution >= 0.6 is 12.4 Å². The van der Waals surface area contributed by atoms with E-state index in [2.05, 4.69) is 45.3 Å². The molecule has 1 amide bonds. The largest absolute Gasteiger partial charge is 0.355 e. The third-order valence-electron chi connectivity index (χ3n) is 1.85. The molecule has 0 radical (unpaired) electrons. The van der Waals surface area contributed by atoms with Gasteiger partial charge in [-0.3, -0.25) is 4.79 Å². The summed E-state index contributed by atoms with van der Waals surface area (Å²) in [4.78, 5) is 11.4. The van der Waals surface area contributed by atoms with Crippen molar-refractivity contribution in [3.8, 4) is 0 Å². The van der Waals surface area contributed by atoms with E-state index in [0.29, 0.717) is 19.0 Å². The van der Waals surface area contributed by atoms with E-state index in [1.165, 1.54) is 0 Å². The van der Waals surface area contributed by atoms with Gasteiger partial charge >= 0.3 is 0 Å². The van der Waals surface area contributed by atoms with Gasteiger partial charge in [0.05, 0.1) is 0 Å². The first-order valence-corrected chi connectivity index (χ1v) is 5.35. The molecule has 0 spiro atoms. The molecule has 0 rings (SSSR count). The number of hydrogen-bond acceptors (Lipinski definition) is 2. The molecule has 0 fully saturated rings. The summed E-state index contributed by atoms with van der Waals surface area (Å²) < 4.78 is 0. The summed E-state index contributed by atoms with van der Waals surface area (Å²) in [7, 11) is 0. The Kier molecular flexibility index (Phi) is 9.07. The number of carbonyl (C=O) groups excluding carboxylic acids is 1. The summed E-state index contributed by atoms with van der Waals surface area (Å²) in [6.45, 7) is 12.0. The Morgan fingerprint density at radius 1 is 1.33 bits per heavy atom. The van der Waals surface area contributed by atoms with E-state index in [9.17, 15) is 4.79 Å². The highest BCUT2D eigenvalue weighted by Gasteiger charge is 2.15. The van der Waals surface area contributed by atoms with Crippen LogP contribution in [0.25, 0.3) is 0 Å². The third-order valence-corrected chi connectivity index (χ3v) is 1.85. The van der Waals surface area contributed by atoms with Crippen molar-refractivity contribution in [2.75, 3.05) is 13.1 Å². The van der Waals surface area contributed by atoms with Crippen LogP contribution in [-0.2, 0) is 4.79 Å². The second-order valence-corrected chi connectivity index (χ2v) is 5.00. The number of amides is 1. The lowest BCUT2D eigenvalue weighted by atomic mass is 9.92. The molecule has 0 heterocycles. The summed E-state index contributed by atoms with van der Waals surface area (Å²) in [6, 6.07) is 0.351. The molecule has 15 heavy (non-hydrogen) atoms. The van der Waals surface area contributed by atoms with Gasteiger partial charge in [0.2, 0.25) is 5.91 Å². The van der Waals surface area contributed by atoms with Gasteiger partial charge in [-0.1, -0.05) is 27.7 Å². The van der Waals surface area contributed by atoms with Gasteiger partial charge in [-0.2, -0.15) is 0 Å². The van der Waals surface area contributed by atoms with Gasteiger partial charge in [-0.25, -0.2) is 0 Å². The number of nitrogens with one attached hydrogen (secondary N) is 2. The average Bonchev–Trinajstić information content (AvgIpc) is 1.98. The van der Waals surface area contributed by atoms with Gasteiger partial charge < -0.3 is 10.6 Å². The SMILES string of the molecule is CCN[C@H](C)CNC(=O)CC(C)(C)C.Cl. The molecule has 0 aromatic rings. The molecule has 0 aliphatic carbocycles. The fourth-order valence-corrected chi connectivity index (χ4v) is 1.23. The van der Waals surface area contributed by atoms with E-state index < -0.39 is 0 Å². The van der Waals surface area contributed by atoms with Crippen LogP contribution in [0.2, 0.25) is 0 Å². The van der Waals surface area contributed by atoms with Crippen molar-refractivity contribution >= 4 is 18.3 Å². The van der Waals surface area contributed by atoms with Crippen LogP contribution in [0, 0.1) is 5.41 Å². The van der Waals surface area contributed by atoms with Gasteiger partial charge in [-0.15, -0.1) is 12.4 Å².